The zero-order valence-electron chi connectivity index (χ0n) is 16.2. The van der Waals surface area contributed by atoms with Crippen molar-refractivity contribution in [1.82, 2.24) is 15.2 Å². The molecule has 0 atom stereocenters. The molecule has 1 N–H and O–H groups in total. The van der Waals surface area contributed by atoms with Crippen LogP contribution in [0.2, 0.25) is 0 Å². The van der Waals surface area contributed by atoms with E-state index in [0.29, 0.717) is 16.2 Å². The highest BCUT2D eigenvalue weighted by Crippen LogP contribution is 2.30. The summed E-state index contributed by atoms with van der Waals surface area (Å²) in [6.07, 6.45) is 0. The number of thioether (sulfide) groups is 1. The molecule has 3 aromatic carbocycles. The second-order valence-corrected chi connectivity index (χ2v) is 8.43. The highest BCUT2D eigenvalue weighted by molar-refractivity contribution is 7.99. The number of carbonyl (C=O) groups excluding carboxylic acids is 1. The Balaban J connectivity index is 1.23. The summed E-state index contributed by atoms with van der Waals surface area (Å²) in [7, 11) is 0. The minimum Gasteiger partial charge on any atom is -0.411 e. The first-order chi connectivity index (χ1) is 15.3. The molecule has 0 aliphatic carbocycles. The standard InChI is InChI=1S/C23H16N4O2S2/c28-20(25-22-24-19(13-30-22)16-8-2-1-3-9-16)14-31-23-27-26-21(29-23)18-12-6-10-15-7-4-5-11-17(15)18/h1-13H,14H2,(H,24,25,28). The SMILES string of the molecule is O=C(CSc1nnc(-c2cccc3ccccc23)o1)Nc1nc(-c2ccccc2)cs1. The number of hydrogen-bond acceptors (Lipinski definition) is 7. The van der Waals surface area contributed by atoms with Crippen LogP contribution in [-0.2, 0) is 4.79 Å². The third kappa shape index (κ3) is 4.35. The van der Waals surface area contributed by atoms with Crippen molar-refractivity contribution < 1.29 is 9.21 Å². The number of rotatable bonds is 6. The molecule has 0 radical (unpaired) electrons. The predicted octanol–water partition coefficient (Wildman–Crippen LogP) is 5.74. The van der Waals surface area contributed by atoms with Crippen LogP contribution in [0.4, 0.5) is 5.13 Å². The minimum absolute atomic E-state index is 0.150. The summed E-state index contributed by atoms with van der Waals surface area (Å²) in [5.41, 5.74) is 2.73. The number of nitrogens with zero attached hydrogens (tertiary/aromatic N) is 3. The number of hydrogen-bond donors (Lipinski definition) is 1. The second kappa shape index (κ2) is 8.71. The number of thiazole rings is 1. The molecule has 31 heavy (non-hydrogen) atoms. The quantitative estimate of drug-likeness (QED) is 0.336. The van der Waals surface area contributed by atoms with E-state index >= 15 is 0 Å². The molecule has 0 unspecified atom stereocenters. The topological polar surface area (TPSA) is 80.9 Å². The molecule has 0 bridgehead atoms. The summed E-state index contributed by atoms with van der Waals surface area (Å²) in [6.45, 7) is 0. The Bertz CT molecular complexity index is 1340. The zero-order valence-corrected chi connectivity index (χ0v) is 17.8. The maximum Gasteiger partial charge on any atom is 0.277 e. The molecule has 0 spiro atoms. The van der Waals surface area contributed by atoms with Gasteiger partial charge in [-0.1, -0.05) is 78.5 Å². The Morgan fingerprint density at radius 1 is 0.968 bits per heavy atom. The van der Waals surface area contributed by atoms with E-state index in [1.807, 2.05) is 78.2 Å². The van der Waals surface area contributed by atoms with E-state index in [2.05, 4.69) is 20.5 Å². The number of fused-ring (bicyclic) bond motifs is 1. The van der Waals surface area contributed by atoms with Crippen LogP contribution < -0.4 is 5.32 Å². The van der Waals surface area contributed by atoms with E-state index in [9.17, 15) is 4.79 Å². The number of nitrogens with one attached hydrogen (secondary N) is 1. The summed E-state index contributed by atoms with van der Waals surface area (Å²) < 4.78 is 5.79. The number of amides is 1. The summed E-state index contributed by atoms with van der Waals surface area (Å²) in [6, 6.07) is 23.8. The second-order valence-electron chi connectivity index (χ2n) is 6.64. The number of benzene rings is 3. The van der Waals surface area contributed by atoms with Crippen molar-refractivity contribution in [3.8, 4) is 22.7 Å². The molecule has 2 heterocycles. The Morgan fingerprint density at radius 3 is 2.68 bits per heavy atom. The van der Waals surface area contributed by atoms with Crippen LogP contribution in [0.1, 0.15) is 0 Å². The lowest BCUT2D eigenvalue weighted by atomic mass is 10.0. The summed E-state index contributed by atoms with van der Waals surface area (Å²) >= 11 is 2.59. The minimum atomic E-state index is -0.177. The third-order valence-corrected chi connectivity index (χ3v) is 6.15. The highest BCUT2D eigenvalue weighted by atomic mass is 32.2. The fourth-order valence-corrected chi connectivity index (χ4v) is 4.44. The van der Waals surface area contributed by atoms with E-state index in [4.69, 9.17) is 4.42 Å². The predicted molar refractivity (Wildman–Crippen MR) is 124 cm³/mol. The van der Waals surface area contributed by atoms with Crippen molar-refractivity contribution in [2.45, 2.75) is 5.22 Å². The molecule has 8 heteroatoms. The van der Waals surface area contributed by atoms with Crippen molar-refractivity contribution in [1.29, 1.82) is 0 Å². The molecular weight excluding hydrogens is 428 g/mol. The van der Waals surface area contributed by atoms with Crippen molar-refractivity contribution in [2.24, 2.45) is 0 Å². The van der Waals surface area contributed by atoms with Crippen LogP contribution in [0.15, 0.2) is 87.8 Å². The van der Waals surface area contributed by atoms with Crippen LogP contribution >= 0.6 is 23.1 Å². The number of carbonyl (C=O) groups is 1. The van der Waals surface area contributed by atoms with E-state index in [-0.39, 0.29) is 11.7 Å². The molecule has 6 nitrogen and oxygen atoms in total. The highest BCUT2D eigenvalue weighted by Gasteiger charge is 2.14. The van der Waals surface area contributed by atoms with Gasteiger partial charge < -0.3 is 9.73 Å². The smallest absolute Gasteiger partial charge is 0.277 e. The van der Waals surface area contributed by atoms with Crippen LogP contribution in [0.5, 0.6) is 0 Å². The lowest BCUT2D eigenvalue weighted by Crippen LogP contribution is -2.13. The van der Waals surface area contributed by atoms with Gasteiger partial charge in [-0.05, 0) is 16.8 Å². The lowest BCUT2D eigenvalue weighted by molar-refractivity contribution is -0.113. The van der Waals surface area contributed by atoms with E-state index in [1.165, 1.54) is 23.1 Å². The molecule has 0 saturated heterocycles. The fourth-order valence-electron chi connectivity index (χ4n) is 3.14. The van der Waals surface area contributed by atoms with Crippen molar-refractivity contribution in [2.75, 3.05) is 11.1 Å². The average molecular weight is 445 g/mol. The first-order valence-corrected chi connectivity index (χ1v) is 11.4. The van der Waals surface area contributed by atoms with Gasteiger partial charge in [0.2, 0.25) is 11.8 Å². The average Bonchev–Trinajstić information content (AvgIpc) is 3.48. The van der Waals surface area contributed by atoms with Gasteiger partial charge >= 0.3 is 0 Å². The van der Waals surface area contributed by atoms with Gasteiger partial charge in [0.1, 0.15) is 0 Å². The number of aromatic nitrogens is 3. The monoisotopic (exact) mass is 444 g/mol. The molecule has 5 aromatic rings. The van der Waals surface area contributed by atoms with Crippen LogP contribution in [0.25, 0.3) is 33.5 Å². The van der Waals surface area contributed by atoms with Crippen molar-refractivity contribution in [3.63, 3.8) is 0 Å². The maximum absolute atomic E-state index is 12.3. The van der Waals surface area contributed by atoms with Gasteiger partial charge in [-0.2, -0.15) is 0 Å². The molecule has 0 aliphatic rings. The molecule has 5 rings (SSSR count). The van der Waals surface area contributed by atoms with Gasteiger partial charge in [0.15, 0.2) is 5.13 Å². The molecule has 0 saturated carbocycles. The van der Waals surface area contributed by atoms with E-state index < -0.39 is 0 Å². The fraction of sp³-hybridized carbons (Fsp3) is 0.0435. The Hall–Kier alpha value is -3.49. The molecule has 0 aliphatic heterocycles. The summed E-state index contributed by atoms with van der Waals surface area (Å²) in [5.74, 6) is 0.410. The van der Waals surface area contributed by atoms with E-state index in [1.54, 1.807) is 0 Å². The summed E-state index contributed by atoms with van der Waals surface area (Å²) in [4.78, 5) is 16.8. The van der Waals surface area contributed by atoms with Crippen molar-refractivity contribution >= 4 is 44.9 Å². The van der Waals surface area contributed by atoms with Gasteiger partial charge in [0.25, 0.3) is 5.22 Å². The molecular formula is C23H16N4O2S2. The Labute approximate surface area is 186 Å². The maximum atomic E-state index is 12.3. The lowest BCUT2D eigenvalue weighted by Gasteiger charge is -2.02. The molecule has 152 valence electrons. The van der Waals surface area contributed by atoms with Gasteiger partial charge in [-0.3, -0.25) is 4.79 Å². The van der Waals surface area contributed by atoms with Crippen LogP contribution in [0.3, 0.4) is 0 Å². The molecule has 1 amide bonds. The Morgan fingerprint density at radius 2 is 1.77 bits per heavy atom. The number of anilines is 1. The first kappa shape index (κ1) is 19.5. The van der Waals surface area contributed by atoms with Gasteiger partial charge in [-0.15, -0.1) is 21.5 Å². The van der Waals surface area contributed by atoms with Crippen LogP contribution in [-0.4, -0.2) is 26.8 Å². The largest absolute Gasteiger partial charge is 0.411 e. The Kier molecular flexibility index (Phi) is 5.47. The molecule has 0 fully saturated rings. The van der Waals surface area contributed by atoms with E-state index in [0.717, 1.165) is 27.6 Å². The van der Waals surface area contributed by atoms with Crippen LogP contribution in [0, 0.1) is 0 Å². The molecule has 2 aromatic heterocycles. The summed E-state index contributed by atoms with van der Waals surface area (Å²) in [5, 5.41) is 16.0. The van der Waals surface area contributed by atoms with Gasteiger partial charge in [0, 0.05) is 16.5 Å². The first-order valence-electron chi connectivity index (χ1n) is 9.51. The normalized spacial score (nSPS) is 11.0. The van der Waals surface area contributed by atoms with Crippen molar-refractivity contribution in [3.05, 3.63) is 78.2 Å². The zero-order chi connectivity index (χ0) is 21.0. The third-order valence-electron chi connectivity index (χ3n) is 4.57. The van der Waals surface area contributed by atoms with Gasteiger partial charge in [0.05, 0.1) is 11.4 Å². The van der Waals surface area contributed by atoms with Gasteiger partial charge in [-0.25, -0.2) is 4.98 Å².